The van der Waals surface area contributed by atoms with Crippen molar-refractivity contribution in [2.24, 2.45) is 0 Å². The molecule has 1 aromatic heterocycles. The van der Waals surface area contributed by atoms with Gasteiger partial charge in [0.15, 0.2) is 5.13 Å². The third kappa shape index (κ3) is 3.07. The standard InChI is InChI=1S/C11H12BrN3O2S2/c1-6-3-8(13)9(4-7(6)2)19(16,17)15-11-14-5-10(12)18-11/h3-5H,13H2,1-2H3,(H,14,15). The maximum atomic E-state index is 12.3. The third-order valence-electron chi connectivity index (χ3n) is 2.61. The van der Waals surface area contributed by atoms with Gasteiger partial charge in [-0.25, -0.2) is 13.4 Å². The number of hydrogen-bond acceptors (Lipinski definition) is 5. The highest BCUT2D eigenvalue weighted by Gasteiger charge is 2.20. The quantitative estimate of drug-likeness (QED) is 0.823. The van der Waals surface area contributed by atoms with Crippen molar-refractivity contribution in [1.82, 2.24) is 4.98 Å². The van der Waals surface area contributed by atoms with E-state index in [9.17, 15) is 8.42 Å². The molecule has 1 heterocycles. The normalized spacial score (nSPS) is 11.5. The molecule has 0 fully saturated rings. The van der Waals surface area contributed by atoms with Crippen LogP contribution in [0.15, 0.2) is 27.0 Å². The van der Waals surface area contributed by atoms with Crippen molar-refractivity contribution in [2.75, 3.05) is 10.5 Å². The monoisotopic (exact) mass is 361 g/mol. The molecule has 0 spiro atoms. The van der Waals surface area contributed by atoms with Gasteiger partial charge in [0.25, 0.3) is 10.0 Å². The van der Waals surface area contributed by atoms with Crippen LogP contribution in [0.2, 0.25) is 0 Å². The Morgan fingerprint density at radius 1 is 1.32 bits per heavy atom. The van der Waals surface area contributed by atoms with Gasteiger partial charge in [0.2, 0.25) is 0 Å². The predicted octanol–water partition coefficient (Wildman–Crippen LogP) is 2.91. The fourth-order valence-electron chi connectivity index (χ4n) is 1.52. The van der Waals surface area contributed by atoms with Crippen LogP contribution in [-0.2, 0) is 10.0 Å². The van der Waals surface area contributed by atoms with Gasteiger partial charge < -0.3 is 5.73 Å². The first-order valence-corrected chi connectivity index (χ1v) is 8.40. The topological polar surface area (TPSA) is 85.1 Å². The minimum atomic E-state index is -3.72. The van der Waals surface area contributed by atoms with E-state index in [0.29, 0.717) is 5.13 Å². The predicted molar refractivity (Wildman–Crippen MR) is 81.0 cm³/mol. The summed E-state index contributed by atoms with van der Waals surface area (Å²) < 4.78 is 27.7. The maximum absolute atomic E-state index is 12.3. The number of sulfonamides is 1. The van der Waals surface area contributed by atoms with Crippen LogP contribution in [0, 0.1) is 13.8 Å². The second-order valence-corrected chi connectivity index (χ2v) is 8.11. The highest BCUT2D eigenvalue weighted by molar-refractivity contribution is 9.11. The van der Waals surface area contributed by atoms with Crippen molar-refractivity contribution < 1.29 is 8.42 Å². The van der Waals surface area contributed by atoms with Crippen molar-refractivity contribution in [2.45, 2.75) is 18.7 Å². The molecule has 0 saturated heterocycles. The van der Waals surface area contributed by atoms with Crippen LogP contribution in [0.5, 0.6) is 0 Å². The summed E-state index contributed by atoms with van der Waals surface area (Å²) in [5, 5.41) is 0.296. The number of hydrogen-bond donors (Lipinski definition) is 2. The number of anilines is 2. The molecule has 2 rings (SSSR count). The molecule has 5 nitrogen and oxygen atoms in total. The molecule has 1 aromatic carbocycles. The second-order valence-electron chi connectivity index (χ2n) is 4.05. The minimum absolute atomic E-state index is 0.0712. The lowest BCUT2D eigenvalue weighted by Gasteiger charge is -2.10. The Kier molecular flexibility index (Phi) is 3.84. The number of aromatic nitrogens is 1. The zero-order valence-electron chi connectivity index (χ0n) is 10.3. The summed E-state index contributed by atoms with van der Waals surface area (Å²) in [4.78, 5) is 4.01. The highest BCUT2D eigenvalue weighted by atomic mass is 79.9. The fourth-order valence-corrected chi connectivity index (χ4v) is 4.06. The SMILES string of the molecule is Cc1cc(N)c(S(=O)(=O)Nc2ncc(Br)s2)cc1C. The number of thiazole rings is 1. The Hall–Kier alpha value is -1.12. The van der Waals surface area contributed by atoms with E-state index in [2.05, 4.69) is 25.6 Å². The van der Waals surface area contributed by atoms with E-state index in [0.717, 1.165) is 14.9 Å². The van der Waals surface area contributed by atoms with Gasteiger partial charge in [-0.1, -0.05) is 11.3 Å². The number of aryl methyl sites for hydroxylation is 2. The number of rotatable bonds is 3. The number of nitrogens with two attached hydrogens (primary N) is 1. The summed E-state index contributed by atoms with van der Waals surface area (Å²) in [7, 11) is -3.72. The number of halogens is 1. The molecule has 102 valence electrons. The molecule has 3 N–H and O–H groups in total. The average Bonchev–Trinajstić information content (AvgIpc) is 2.68. The van der Waals surface area contributed by atoms with Crippen LogP contribution in [0.3, 0.4) is 0 Å². The minimum Gasteiger partial charge on any atom is -0.398 e. The van der Waals surface area contributed by atoms with Crippen LogP contribution in [0.25, 0.3) is 0 Å². The van der Waals surface area contributed by atoms with E-state index in [-0.39, 0.29) is 10.6 Å². The van der Waals surface area contributed by atoms with E-state index in [4.69, 9.17) is 5.73 Å². The smallest absolute Gasteiger partial charge is 0.265 e. The molecule has 0 bridgehead atoms. The van der Waals surface area contributed by atoms with Gasteiger partial charge in [-0.3, -0.25) is 4.72 Å². The molecule has 0 aliphatic rings. The van der Waals surface area contributed by atoms with Crippen LogP contribution in [0.4, 0.5) is 10.8 Å². The van der Waals surface area contributed by atoms with Gasteiger partial charge in [-0.05, 0) is 53.0 Å². The fraction of sp³-hybridized carbons (Fsp3) is 0.182. The van der Waals surface area contributed by atoms with E-state index in [1.807, 2.05) is 13.8 Å². The van der Waals surface area contributed by atoms with Crippen molar-refractivity contribution in [3.63, 3.8) is 0 Å². The summed E-state index contributed by atoms with van der Waals surface area (Å²) in [5.41, 5.74) is 7.84. The number of nitrogen functional groups attached to an aromatic ring is 1. The molecule has 0 atom stereocenters. The Morgan fingerprint density at radius 3 is 2.53 bits per heavy atom. The molecule has 0 radical (unpaired) electrons. The van der Waals surface area contributed by atoms with Crippen LogP contribution in [0.1, 0.15) is 11.1 Å². The molecule has 8 heteroatoms. The lowest BCUT2D eigenvalue weighted by atomic mass is 10.1. The number of nitrogens with zero attached hydrogens (tertiary/aromatic N) is 1. The summed E-state index contributed by atoms with van der Waals surface area (Å²) in [6.07, 6.45) is 1.53. The van der Waals surface area contributed by atoms with Crippen molar-refractivity contribution >= 4 is 48.1 Å². The lowest BCUT2D eigenvalue weighted by Crippen LogP contribution is -2.15. The third-order valence-corrected chi connectivity index (χ3v) is 5.53. The molecule has 0 saturated carbocycles. The Morgan fingerprint density at radius 2 is 1.95 bits per heavy atom. The zero-order chi connectivity index (χ0) is 14.2. The molecular formula is C11H12BrN3O2S2. The van der Waals surface area contributed by atoms with Crippen LogP contribution >= 0.6 is 27.3 Å². The lowest BCUT2D eigenvalue weighted by molar-refractivity contribution is 0.601. The Balaban J connectivity index is 2.42. The Labute approximate surface area is 124 Å². The van der Waals surface area contributed by atoms with Gasteiger partial charge in [-0.2, -0.15) is 0 Å². The molecule has 0 amide bonds. The van der Waals surface area contributed by atoms with Gasteiger partial charge in [0, 0.05) is 0 Å². The molecule has 2 aromatic rings. The van der Waals surface area contributed by atoms with Gasteiger partial charge >= 0.3 is 0 Å². The average molecular weight is 362 g/mol. The molecule has 0 aliphatic carbocycles. The van der Waals surface area contributed by atoms with Gasteiger partial charge in [0.05, 0.1) is 15.7 Å². The highest BCUT2D eigenvalue weighted by Crippen LogP contribution is 2.28. The van der Waals surface area contributed by atoms with Crippen molar-refractivity contribution in [3.05, 3.63) is 33.2 Å². The summed E-state index contributed by atoms with van der Waals surface area (Å²) in [6, 6.07) is 3.22. The largest absolute Gasteiger partial charge is 0.398 e. The van der Waals surface area contributed by atoms with E-state index in [1.165, 1.54) is 17.5 Å². The molecule has 19 heavy (non-hydrogen) atoms. The maximum Gasteiger partial charge on any atom is 0.265 e. The van der Waals surface area contributed by atoms with Crippen LogP contribution < -0.4 is 10.5 Å². The first-order valence-electron chi connectivity index (χ1n) is 5.30. The zero-order valence-corrected chi connectivity index (χ0v) is 13.5. The van der Waals surface area contributed by atoms with E-state index >= 15 is 0 Å². The molecule has 0 unspecified atom stereocenters. The summed E-state index contributed by atoms with van der Waals surface area (Å²) in [5.74, 6) is 0. The van der Waals surface area contributed by atoms with Crippen molar-refractivity contribution in [3.8, 4) is 0 Å². The van der Waals surface area contributed by atoms with Crippen molar-refractivity contribution in [1.29, 1.82) is 0 Å². The second kappa shape index (κ2) is 5.10. The summed E-state index contributed by atoms with van der Waals surface area (Å²) in [6.45, 7) is 3.72. The Bertz CT molecular complexity index is 726. The summed E-state index contributed by atoms with van der Waals surface area (Å²) >= 11 is 4.42. The first kappa shape index (κ1) is 14.3. The van der Waals surface area contributed by atoms with Gasteiger partial charge in [0.1, 0.15) is 4.90 Å². The van der Waals surface area contributed by atoms with E-state index < -0.39 is 10.0 Å². The number of nitrogens with one attached hydrogen (secondary N) is 1. The van der Waals surface area contributed by atoms with Crippen LogP contribution in [-0.4, -0.2) is 13.4 Å². The molecular weight excluding hydrogens is 350 g/mol. The number of benzene rings is 1. The first-order chi connectivity index (χ1) is 8.79. The molecule has 0 aliphatic heterocycles. The van der Waals surface area contributed by atoms with E-state index in [1.54, 1.807) is 12.1 Å². The van der Waals surface area contributed by atoms with Gasteiger partial charge in [-0.15, -0.1) is 0 Å².